The van der Waals surface area contributed by atoms with Gasteiger partial charge in [-0.05, 0) is 53.6 Å². The van der Waals surface area contributed by atoms with Crippen LogP contribution in [0.3, 0.4) is 0 Å². The Morgan fingerprint density at radius 1 is 0.455 bits per heavy atom. The topological polar surface area (TPSA) is 80.9 Å². The molecule has 0 heterocycles. The molecule has 0 saturated carbocycles. The summed E-state index contributed by atoms with van der Waals surface area (Å²) in [6.07, 6.45) is 0. The van der Waals surface area contributed by atoms with E-state index in [2.05, 4.69) is 0 Å². The third-order valence-corrected chi connectivity index (χ3v) is 3.47. The predicted molar refractivity (Wildman–Crippen MR) is 84.0 cm³/mol. The summed E-state index contributed by atoms with van der Waals surface area (Å²) in [6.45, 7) is 0. The van der Waals surface area contributed by atoms with Crippen LogP contribution in [0.25, 0.3) is 22.3 Å². The maximum absolute atomic E-state index is 10.1. The van der Waals surface area contributed by atoms with E-state index in [-0.39, 0.29) is 23.0 Å². The van der Waals surface area contributed by atoms with Gasteiger partial charge in [0.1, 0.15) is 23.0 Å². The standard InChI is InChI=1S/C18H14O4/c19-11-5-7-13(14-3-1-2-4-17(14)21)15(9-11)16-10-12(20)6-8-18(16)22/h1-10,19-22H. The Kier molecular flexibility index (Phi) is 3.35. The first-order chi connectivity index (χ1) is 10.6. The molecule has 0 spiro atoms. The van der Waals surface area contributed by atoms with E-state index in [1.54, 1.807) is 30.3 Å². The van der Waals surface area contributed by atoms with Crippen LogP contribution in [0.5, 0.6) is 23.0 Å². The molecule has 0 aliphatic heterocycles. The van der Waals surface area contributed by atoms with Crippen molar-refractivity contribution < 1.29 is 20.4 Å². The number of aromatic hydroxyl groups is 4. The number of phenols is 4. The molecule has 3 rings (SSSR count). The lowest BCUT2D eigenvalue weighted by Crippen LogP contribution is -1.87. The van der Waals surface area contributed by atoms with Crippen LogP contribution in [0.1, 0.15) is 0 Å². The maximum Gasteiger partial charge on any atom is 0.123 e. The van der Waals surface area contributed by atoms with Gasteiger partial charge in [-0.15, -0.1) is 0 Å². The Balaban J connectivity index is 2.30. The van der Waals surface area contributed by atoms with E-state index in [1.165, 1.54) is 30.3 Å². The van der Waals surface area contributed by atoms with Gasteiger partial charge in [0.25, 0.3) is 0 Å². The van der Waals surface area contributed by atoms with Gasteiger partial charge in [0, 0.05) is 11.1 Å². The first-order valence-corrected chi connectivity index (χ1v) is 6.70. The predicted octanol–water partition coefficient (Wildman–Crippen LogP) is 3.84. The minimum atomic E-state index is -0.0277. The SMILES string of the molecule is Oc1ccc(O)c(-c2cc(O)ccc2-c2ccccc2O)c1. The minimum Gasteiger partial charge on any atom is -0.508 e. The van der Waals surface area contributed by atoms with Crippen molar-refractivity contribution in [2.45, 2.75) is 0 Å². The second-order valence-electron chi connectivity index (χ2n) is 4.95. The zero-order valence-electron chi connectivity index (χ0n) is 11.6. The lowest BCUT2D eigenvalue weighted by atomic mass is 9.93. The van der Waals surface area contributed by atoms with E-state index >= 15 is 0 Å². The normalized spacial score (nSPS) is 10.5. The van der Waals surface area contributed by atoms with Crippen LogP contribution in [-0.2, 0) is 0 Å². The van der Waals surface area contributed by atoms with Gasteiger partial charge >= 0.3 is 0 Å². The Bertz CT molecular complexity index is 840. The minimum absolute atomic E-state index is 0.000577. The molecule has 4 N–H and O–H groups in total. The number of para-hydroxylation sites is 1. The largest absolute Gasteiger partial charge is 0.508 e. The highest BCUT2D eigenvalue weighted by atomic mass is 16.3. The highest BCUT2D eigenvalue weighted by molar-refractivity contribution is 5.89. The Labute approximate surface area is 127 Å². The van der Waals surface area contributed by atoms with Crippen LogP contribution in [-0.4, -0.2) is 20.4 Å². The lowest BCUT2D eigenvalue weighted by Gasteiger charge is -2.13. The van der Waals surface area contributed by atoms with Crippen molar-refractivity contribution >= 4 is 0 Å². The molecule has 22 heavy (non-hydrogen) atoms. The zero-order valence-corrected chi connectivity index (χ0v) is 11.6. The van der Waals surface area contributed by atoms with Gasteiger partial charge in [0.2, 0.25) is 0 Å². The Morgan fingerprint density at radius 2 is 1.05 bits per heavy atom. The van der Waals surface area contributed by atoms with Crippen molar-refractivity contribution in [1.29, 1.82) is 0 Å². The fourth-order valence-corrected chi connectivity index (χ4v) is 2.43. The molecule has 0 aromatic heterocycles. The summed E-state index contributed by atoms with van der Waals surface area (Å²) in [5.74, 6) is 0.0884. The van der Waals surface area contributed by atoms with Crippen molar-refractivity contribution in [3.63, 3.8) is 0 Å². The second kappa shape index (κ2) is 5.33. The van der Waals surface area contributed by atoms with Gasteiger partial charge < -0.3 is 20.4 Å². The maximum atomic E-state index is 10.1. The Hall–Kier alpha value is -3.14. The van der Waals surface area contributed by atoms with Gasteiger partial charge in [-0.1, -0.05) is 18.2 Å². The van der Waals surface area contributed by atoms with Gasteiger partial charge in [0.15, 0.2) is 0 Å². The summed E-state index contributed by atoms with van der Waals surface area (Å²) < 4.78 is 0. The molecule has 0 radical (unpaired) electrons. The van der Waals surface area contributed by atoms with E-state index in [1.807, 2.05) is 0 Å². The van der Waals surface area contributed by atoms with E-state index in [9.17, 15) is 20.4 Å². The molecular formula is C18H14O4. The summed E-state index contributed by atoms with van der Waals surface area (Å²) in [6, 6.07) is 15.6. The molecule has 3 aromatic rings. The summed E-state index contributed by atoms with van der Waals surface area (Å²) in [5, 5.41) is 39.5. The van der Waals surface area contributed by atoms with Crippen molar-refractivity contribution in [3.8, 4) is 45.3 Å². The molecule has 0 aliphatic rings. The van der Waals surface area contributed by atoms with Gasteiger partial charge in [-0.25, -0.2) is 0 Å². The van der Waals surface area contributed by atoms with E-state index in [0.717, 1.165) is 0 Å². The molecule has 0 amide bonds. The summed E-state index contributed by atoms with van der Waals surface area (Å²) in [5.41, 5.74) is 2.08. The highest BCUT2D eigenvalue weighted by Gasteiger charge is 2.14. The third-order valence-electron chi connectivity index (χ3n) is 3.47. The molecule has 3 aromatic carbocycles. The molecule has 0 unspecified atom stereocenters. The molecule has 0 fully saturated rings. The molecule has 4 nitrogen and oxygen atoms in total. The van der Waals surface area contributed by atoms with E-state index in [4.69, 9.17) is 0 Å². The first-order valence-electron chi connectivity index (χ1n) is 6.70. The summed E-state index contributed by atoms with van der Waals surface area (Å²) in [4.78, 5) is 0. The van der Waals surface area contributed by atoms with Gasteiger partial charge in [-0.3, -0.25) is 0 Å². The van der Waals surface area contributed by atoms with Crippen molar-refractivity contribution in [1.82, 2.24) is 0 Å². The van der Waals surface area contributed by atoms with Crippen LogP contribution < -0.4 is 0 Å². The van der Waals surface area contributed by atoms with Crippen LogP contribution in [0.15, 0.2) is 60.7 Å². The Morgan fingerprint density at radius 3 is 1.77 bits per heavy atom. The van der Waals surface area contributed by atoms with E-state index in [0.29, 0.717) is 22.3 Å². The number of hydrogen-bond acceptors (Lipinski definition) is 4. The van der Waals surface area contributed by atoms with Crippen molar-refractivity contribution in [2.75, 3.05) is 0 Å². The molecule has 0 bridgehead atoms. The monoisotopic (exact) mass is 294 g/mol. The fourth-order valence-electron chi connectivity index (χ4n) is 2.43. The fraction of sp³-hybridized carbons (Fsp3) is 0. The van der Waals surface area contributed by atoms with Gasteiger partial charge in [0.05, 0.1) is 0 Å². The second-order valence-corrected chi connectivity index (χ2v) is 4.95. The van der Waals surface area contributed by atoms with Crippen LogP contribution in [0.2, 0.25) is 0 Å². The lowest BCUT2D eigenvalue weighted by molar-refractivity contribution is 0.461. The number of phenolic OH excluding ortho intramolecular Hbond substituents is 4. The smallest absolute Gasteiger partial charge is 0.123 e. The van der Waals surface area contributed by atoms with Crippen molar-refractivity contribution in [2.24, 2.45) is 0 Å². The van der Waals surface area contributed by atoms with Crippen LogP contribution in [0, 0.1) is 0 Å². The average molecular weight is 294 g/mol. The van der Waals surface area contributed by atoms with Crippen molar-refractivity contribution in [3.05, 3.63) is 60.7 Å². The summed E-state index contributed by atoms with van der Waals surface area (Å²) >= 11 is 0. The number of benzene rings is 3. The highest BCUT2D eigenvalue weighted by Crippen LogP contribution is 2.42. The first kappa shape index (κ1) is 13.8. The van der Waals surface area contributed by atoms with Gasteiger partial charge in [-0.2, -0.15) is 0 Å². The molecular weight excluding hydrogens is 280 g/mol. The molecule has 0 saturated heterocycles. The van der Waals surface area contributed by atoms with Crippen LogP contribution >= 0.6 is 0 Å². The van der Waals surface area contributed by atoms with E-state index < -0.39 is 0 Å². The average Bonchev–Trinajstić information content (AvgIpc) is 2.50. The zero-order chi connectivity index (χ0) is 15.7. The molecule has 110 valence electrons. The molecule has 0 atom stereocenters. The number of hydrogen-bond donors (Lipinski definition) is 4. The van der Waals surface area contributed by atoms with Crippen LogP contribution in [0.4, 0.5) is 0 Å². The quantitative estimate of drug-likeness (QED) is 0.541. The molecule has 0 aliphatic carbocycles. The summed E-state index contributed by atoms with van der Waals surface area (Å²) in [7, 11) is 0. The molecule has 4 heteroatoms. The third kappa shape index (κ3) is 2.42. The number of rotatable bonds is 2.